The third kappa shape index (κ3) is 4.28. The lowest BCUT2D eigenvalue weighted by Gasteiger charge is -2.16. The molecule has 0 fully saturated rings. The smallest absolute Gasteiger partial charge is 0.278 e. The second-order valence-electron chi connectivity index (χ2n) is 8.16. The second-order valence-corrected chi connectivity index (χ2v) is 8.16. The first-order valence-corrected chi connectivity index (χ1v) is 10.5. The number of rotatable bonds is 6. The second kappa shape index (κ2) is 8.71. The van der Waals surface area contributed by atoms with Crippen molar-refractivity contribution < 1.29 is 14.3 Å². The summed E-state index contributed by atoms with van der Waals surface area (Å²) < 4.78 is 5.20. The molecule has 0 aliphatic carbocycles. The monoisotopic (exact) mass is 426 g/mol. The van der Waals surface area contributed by atoms with E-state index < -0.39 is 0 Å². The van der Waals surface area contributed by atoms with E-state index in [1.165, 1.54) is 4.90 Å². The third-order valence-electron chi connectivity index (χ3n) is 5.50. The predicted molar refractivity (Wildman–Crippen MR) is 126 cm³/mol. The van der Waals surface area contributed by atoms with Gasteiger partial charge in [-0.05, 0) is 67.3 Å². The molecule has 0 unspecified atom stereocenters. The maximum atomic E-state index is 13.4. The Morgan fingerprint density at radius 3 is 2.00 bits per heavy atom. The highest BCUT2D eigenvalue weighted by molar-refractivity contribution is 6.36. The lowest BCUT2D eigenvalue weighted by Crippen LogP contribution is -2.32. The number of anilines is 1. The lowest BCUT2D eigenvalue weighted by molar-refractivity contribution is -0.137. The molecular weight excluding hydrogens is 400 g/mol. The van der Waals surface area contributed by atoms with Crippen molar-refractivity contribution in [3.63, 3.8) is 0 Å². The van der Waals surface area contributed by atoms with Gasteiger partial charge in [-0.1, -0.05) is 48.0 Å². The predicted octanol–water partition coefficient (Wildman–Crippen LogP) is 5.01. The molecule has 0 atom stereocenters. The van der Waals surface area contributed by atoms with Crippen LogP contribution in [-0.4, -0.2) is 23.8 Å². The Morgan fingerprint density at radius 2 is 1.41 bits per heavy atom. The summed E-state index contributed by atoms with van der Waals surface area (Å²) in [6, 6.07) is 21.0. The summed E-state index contributed by atoms with van der Waals surface area (Å²) in [5.41, 5.74) is 6.30. The fourth-order valence-electron chi connectivity index (χ4n) is 3.93. The van der Waals surface area contributed by atoms with E-state index in [9.17, 15) is 9.59 Å². The van der Waals surface area contributed by atoms with Gasteiger partial charge in [0.1, 0.15) is 11.4 Å². The van der Waals surface area contributed by atoms with E-state index in [0.717, 1.165) is 39.3 Å². The molecule has 1 heterocycles. The van der Waals surface area contributed by atoms with Crippen LogP contribution >= 0.6 is 0 Å². The summed E-state index contributed by atoms with van der Waals surface area (Å²) in [6.45, 7) is 6.19. The molecule has 0 bridgehead atoms. The minimum atomic E-state index is -0.333. The normalized spacial score (nSPS) is 13.7. The zero-order valence-electron chi connectivity index (χ0n) is 18.7. The van der Waals surface area contributed by atoms with E-state index in [2.05, 4.69) is 11.4 Å². The van der Waals surface area contributed by atoms with Crippen molar-refractivity contribution in [3.05, 3.63) is 100 Å². The first kappa shape index (κ1) is 21.4. The average Bonchev–Trinajstić information content (AvgIpc) is 2.98. The summed E-state index contributed by atoms with van der Waals surface area (Å²) in [4.78, 5) is 28.2. The molecule has 32 heavy (non-hydrogen) atoms. The van der Waals surface area contributed by atoms with Crippen LogP contribution in [0.15, 0.2) is 72.4 Å². The standard InChI is InChI=1S/C27H26N2O3/c1-17-5-9-21(10-6-17)24-25(28-22-14-18(2)13-19(3)15-22)27(31)29(26(24)30)16-20-7-11-23(32-4)12-8-20/h5-15,28H,16H2,1-4H3. The zero-order chi connectivity index (χ0) is 22.8. The number of imide groups is 1. The largest absolute Gasteiger partial charge is 0.497 e. The van der Waals surface area contributed by atoms with Gasteiger partial charge in [0.05, 0.1) is 19.2 Å². The minimum absolute atomic E-state index is 0.190. The Balaban J connectivity index is 1.72. The molecule has 1 aliphatic rings. The quantitative estimate of drug-likeness (QED) is 0.563. The Hall–Kier alpha value is -3.86. The van der Waals surface area contributed by atoms with E-state index in [4.69, 9.17) is 4.74 Å². The van der Waals surface area contributed by atoms with E-state index >= 15 is 0 Å². The van der Waals surface area contributed by atoms with Gasteiger partial charge in [0.2, 0.25) is 0 Å². The molecule has 2 amide bonds. The van der Waals surface area contributed by atoms with Crippen LogP contribution < -0.4 is 10.1 Å². The Morgan fingerprint density at radius 1 is 0.781 bits per heavy atom. The number of carbonyl (C=O) groups excluding carboxylic acids is 2. The molecule has 0 saturated carbocycles. The molecule has 3 aromatic rings. The van der Waals surface area contributed by atoms with Crippen molar-refractivity contribution >= 4 is 23.1 Å². The number of aryl methyl sites for hydroxylation is 3. The maximum Gasteiger partial charge on any atom is 0.278 e. The number of carbonyl (C=O) groups is 2. The van der Waals surface area contributed by atoms with E-state index in [1.54, 1.807) is 7.11 Å². The van der Waals surface area contributed by atoms with Gasteiger partial charge < -0.3 is 10.1 Å². The van der Waals surface area contributed by atoms with Gasteiger partial charge in [-0.25, -0.2) is 0 Å². The summed E-state index contributed by atoms with van der Waals surface area (Å²) in [6.07, 6.45) is 0. The van der Waals surface area contributed by atoms with Gasteiger partial charge in [-0.2, -0.15) is 0 Å². The zero-order valence-corrected chi connectivity index (χ0v) is 18.7. The van der Waals surface area contributed by atoms with Crippen molar-refractivity contribution in [3.8, 4) is 5.75 Å². The molecule has 5 nitrogen and oxygen atoms in total. The first-order chi connectivity index (χ1) is 15.4. The third-order valence-corrected chi connectivity index (χ3v) is 5.50. The highest BCUT2D eigenvalue weighted by atomic mass is 16.5. The fourth-order valence-corrected chi connectivity index (χ4v) is 3.93. The van der Waals surface area contributed by atoms with Gasteiger partial charge in [-0.3, -0.25) is 14.5 Å². The first-order valence-electron chi connectivity index (χ1n) is 10.5. The Labute approximate surface area is 188 Å². The molecule has 0 spiro atoms. The maximum absolute atomic E-state index is 13.4. The van der Waals surface area contributed by atoms with Crippen LogP contribution in [0.3, 0.4) is 0 Å². The molecule has 1 N–H and O–H groups in total. The van der Waals surface area contributed by atoms with E-state index in [-0.39, 0.29) is 18.4 Å². The molecule has 0 aromatic heterocycles. The SMILES string of the molecule is COc1ccc(CN2C(=O)C(Nc3cc(C)cc(C)c3)=C(c3ccc(C)cc3)C2=O)cc1. The van der Waals surface area contributed by atoms with Crippen molar-refractivity contribution in [1.29, 1.82) is 0 Å². The number of amides is 2. The number of hydrogen-bond acceptors (Lipinski definition) is 4. The lowest BCUT2D eigenvalue weighted by atomic mass is 10.0. The van der Waals surface area contributed by atoms with Crippen LogP contribution in [0, 0.1) is 20.8 Å². The van der Waals surface area contributed by atoms with Crippen LogP contribution in [0.1, 0.15) is 27.8 Å². The highest BCUT2D eigenvalue weighted by Gasteiger charge is 2.39. The molecule has 0 saturated heterocycles. The van der Waals surface area contributed by atoms with E-state index in [1.807, 2.05) is 81.4 Å². The van der Waals surface area contributed by atoms with Crippen LogP contribution in [0.4, 0.5) is 5.69 Å². The molecule has 162 valence electrons. The van der Waals surface area contributed by atoms with Crippen LogP contribution in [0.25, 0.3) is 5.57 Å². The molecule has 1 aliphatic heterocycles. The molecule has 3 aromatic carbocycles. The molecule has 0 radical (unpaired) electrons. The number of benzene rings is 3. The van der Waals surface area contributed by atoms with Gasteiger partial charge in [0.15, 0.2) is 0 Å². The van der Waals surface area contributed by atoms with Crippen molar-refractivity contribution in [1.82, 2.24) is 4.90 Å². The molecular formula is C27H26N2O3. The number of ether oxygens (including phenoxy) is 1. The van der Waals surface area contributed by atoms with E-state index in [0.29, 0.717) is 11.3 Å². The van der Waals surface area contributed by atoms with Crippen LogP contribution in [0.2, 0.25) is 0 Å². The van der Waals surface area contributed by atoms with Gasteiger partial charge >= 0.3 is 0 Å². The average molecular weight is 427 g/mol. The summed E-state index contributed by atoms with van der Waals surface area (Å²) in [7, 11) is 1.60. The summed E-state index contributed by atoms with van der Waals surface area (Å²) in [5, 5.41) is 3.25. The Kier molecular flexibility index (Phi) is 5.82. The van der Waals surface area contributed by atoms with Crippen molar-refractivity contribution in [2.75, 3.05) is 12.4 Å². The Bertz CT molecular complexity index is 1190. The van der Waals surface area contributed by atoms with Crippen LogP contribution in [-0.2, 0) is 16.1 Å². The van der Waals surface area contributed by atoms with Gasteiger partial charge in [-0.15, -0.1) is 0 Å². The van der Waals surface area contributed by atoms with Crippen molar-refractivity contribution in [2.45, 2.75) is 27.3 Å². The number of methoxy groups -OCH3 is 1. The number of nitrogens with zero attached hydrogens (tertiary/aromatic N) is 1. The summed E-state index contributed by atoms with van der Waals surface area (Å²) in [5.74, 6) is 0.0885. The number of hydrogen-bond donors (Lipinski definition) is 1. The van der Waals surface area contributed by atoms with Crippen molar-refractivity contribution in [2.24, 2.45) is 0 Å². The number of nitrogens with one attached hydrogen (secondary N) is 1. The van der Waals surface area contributed by atoms with Crippen LogP contribution in [0.5, 0.6) is 5.75 Å². The van der Waals surface area contributed by atoms with Gasteiger partial charge in [0.25, 0.3) is 11.8 Å². The topological polar surface area (TPSA) is 58.6 Å². The highest BCUT2D eigenvalue weighted by Crippen LogP contribution is 2.32. The molecule has 4 rings (SSSR count). The minimum Gasteiger partial charge on any atom is -0.497 e. The molecule has 5 heteroatoms. The summed E-state index contributed by atoms with van der Waals surface area (Å²) >= 11 is 0. The fraction of sp³-hybridized carbons (Fsp3) is 0.185. The van der Waals surface area contributed by atoms with Gasteiger partial charge in [0, 0.05) is 5.69 Å².